The summed E-state index contributed by atoms with van der Waals surface area (Å²) in [5.41, 5.74) is 0. The number of carbonyl (C=O) groups excluding carboxylic acids is 2. The second-order valence-electron chi connectivity index (χ2n) is 7.58. The van der Waals surface area contributed by atoms with E-state index >= 15 is 0 Å². The first kappa shape index (κ1) is 21.9. The van der Waals surface area contributed by atoms with E-state index in [9.17, 15) is 9.59 Å². The predicted molar refractivity (Wildman–Crippen MR) is 105 cm³/mol. The fourth-order valence-corrected chi connectivity index (χ4v) is 3.70. The first-order valence-electron chi connectivity index (χ1n) is 10.7. The molecule has 0 N–H and O–H groups in total. The van der Waals surface area contributed by atoms with E-state index in [1.54, 1.807) is 0 Å². The highest BCUT2D eigenvalue weighted by Gasteiger charge is 2.22. The minimum atomic E-state index is -0.139. The zero-order chi connectivity index (χ0) is 18.3. The maximum absolute atomic E-state index is 11.6. The fraction of sp³-hybridized carbons (Fsp3) is 0.818. The molecule has 3 nitrogen and oxygen atoms in total. The van der Waals surface area contributed by atoms with Crippen LogP contribution in [0.4, 0.5) is 0 Å². The van der Waals surface area contributed by atoms with Gasteiger partial charge in [-0.05, 0) is 18.8 Å². The van der Waals surface area contributed by atoms with Gasteiger partial charge in [0.15, 0.2) is 0 Å². The molecular weight excluding hydrogens is 310 g/mol. The van der Waals surface area contributed by atoms with E-state index in [0.29, 0.717) is 6.54 Å². The standard InChI is InChI=1S/C22H39NO2/c1-3-5-7-9-10-12-15-20(14-11-8-6-4-2)16-13-19-23-21(24)17-18-22(23)25/h17-18,20H,3-16,19H2,1-2H3. The van der Waals surface area contributed by atoms with E-state index < -0.39 is 0 Å². The molecular formula is C22H39NO2. The Morgan fingerprint density at radius 1 is 0.680 bits per heavy atom. The van der Waals surface area contributed by atoms with Crippen LogP contribution in [-0.2, 0) is 9.59 Å². The van der Waals surface area contributed by atoms with E-state index in [-0.39, 0.29) is 11.8 Å². The minimum Gasteiger partial charge on any atom is -0.275 e. The van der Waals surface area contributed by atoms with E-state index in [1.807, 2.05) is 0 Å². The highest BCUT2D eigenvalue weighted by molar-refractivity contribution is 6.12. The van der Waals surface area contributed by atoms with Crippen molar-refractivity contribution in [3.63, 3.8) is 0 Å². The molecule has 0 radical (unpaired) electrons. The molecule has 3 heteroatoms. The smallest absolute Gasteiger partial charge is 0.253 e. The average molecular weight is 350 g/mol. The monoisotopic (exact) mass is 349 g/mol. The lowest BCUT2D eigenvalue weighted by atomic mass is 9.90. The Bertz CT molecular complexity index is 385. The number of hydrogen-bond acceptors (Lipinski definition) is 2. The number of unbranched alkanes of at least 4 members (excludes halogenated alkanes) is 8. The van der Waals surface area contributed by atoms with Crippen molar-refractivity contribution in [2.24, 2.45) is 5.92 Å². The van der Waals surface area contributed by atoms with Gasteiger partial charge in [-0.15, -0.1) is 0 Å². The SMILES string of the molecule is CCCCCCCCC(CCCCCC)CCCN1C(=O)C=CC1=O. The topological polar surface area (TPSA) is 37.4 Å². The lowest BCUT2D eigenvalue weighted by Crippen LogP contribution is -2.31. The summed E-state index contributed by atoms with van der Waals surface area (Å²) < 4.78 is 0. The van der Waals surface area contributed by atoms with Crippen molar-refractivity contribution in [3.8, 4) is 0 Å². The van der Waals surface area contributed by atoms with Crippen molar-refractivity contribution in [1.82, 2.24) is 4.90 Å². The van der Waals surface area contributed by atoms with Gasteiger partial charge in [0.1, 0.15) is 0 Å². The normalized spacial score (nSPS) is 15.4. The Balaban J connectivity index is 2.24. The molecule has 0 aromatic rings. The van der Waals surface area contributed by atoms with E-state index in [2.05, 4.69) is 13.8 Å². The van der Waals surface area contributed by atoms with Gasteiger partial charge in [0.25, 0.3) is 11.8 Å². The van der Waals surface area contributed by atoms with Crippen LogP contribution >= 0.6 is 0 Å². The quantitative estimate of drug-likeness (QED) is 0.252. The molecule has 1 aliphatic heterocycles. The van der Waals surface area contributed by atoms with Crippen LogP contribution in [0.15, 0.2) is 12.2 Å². The summed E-state index contributed by atoms with van der Waals surface area (Å²) in [7, 11) is 0. The number of imide groups is 1. The van der Waals surface area contributed by atoms with Crippen molar-refractivity contribution in [2.75, 3.05) is 6.54 Å². The maximum atomic E-state index is 11.6. The number of nitrogens with zero attached hydrogens (tertiary/aromatic N) is 1. The summed E-state index contributed by atoms with van der Waals surface area (Å²) in [6, 6.07) is 0. The van der Waals surface area contributed by atoms with Crippen LogP contribution in [0.5, 0.6) is 0 Å². The Morgan fingerprint density at radius 3 is 1.68 bits per heavy atom. The summed E-state index contributed by atoms with van der Waals surface area (Å²) >= 11 is 0. The molecule has 1 unspecified atom stereocenters. The zero-order valence-corrected chi connectivity index (χ0v) is 16.6. The van der Waals surface area contributed by atoms with Gasteiger partial charge in [-0.25, -0.2) is 0 Å². The van der Waals surface area contributed by atoms with Gasteiger partial charge >= 0.3 is 0 Å². The largest absolute Gasteiger partial charge is 0.275 e. The van der Waals surface area contributed by atoms with Gasteiger partial charge in [-0.2, -0.15) is 0 Å². The fourth-order valence-electron chi connectivity index (χ4n) is 3.70. The maximum Gasteiger partial charge on any atom is 0.253 e. The van der Waals surface area contributed by atoms with Crippen molar-refractivity contribution >= 4 is 11.8 Å². The van der Waals surface area contributed by atoms with Gasteiger partial charge < -0.3 is 0 Å². The van der Waals surface area contributed by atoms with Gasteiger partial charge in [0, 0.05) is 18.7 Å². The summed E-state index contributed by atoms with van der Waals surface area (Å²) in [6.45, 7) is 5.11. The molecule has 0 spiro atoms. The number of rotatable bonds is 16. The Hall–Kier alpha value is -1.12. The highest BCUT2D eigenvalue weighted by Crippen LogP contribution is 2.23. The average Bonchev–Trinajstić information content (AvgIpc) is 2.92. The third kappa shape index (κ3) is 9.81. The zero-order valence-electron chi connectivity index (χ0n) is 16.6. The van der Waals surface area contributed by atoms with Crippen LogP contribution in [0.1, 0.15) is 104 Å². The predicted octanol–water partition coefficient (Wildman–Crippen LogP) is 6.03. The first-order chi connectivity index (χ1) is 12.2. The highest BCUT2D eigenvalue weighted by atomic mass is 16.2. The Labute approximate surface area is 155 Å². The molecule has 1 heterocycles. The number of hydrogen-bond donors (Lipinski definition) is 0. The lowest BCUT2D eigenvalue weighted by Gasteiger charge is -2.19. The van der Waals surface area contributed by atoms with Crippen LogP contribution in [0.25, 0.3) is 0 Å². The van der Waals surface area contributed by atoms with E-state index in [4.69, 9.17) is 0 Å². The van der Waals surface area contributed by atoms with Gasteiger partial charge in [-0.3, -0.25) is 14.5 Å². The Morgan fingerprint density at radius 2 is 1.12 bits per heavy atom. The summed E-state index contributed by atoms with van der Waals surface area (Å²) in [6.07, 6.45) is 20.9. The number of amides is 2. The molecule has 2 amide bonds. The molecule has 1 aliphatic rings. The summed E-state index contributed by atoms with van der Waals surface area (Å²) in [5.74, 6) is 0.490. The van der Waals surface area contributed by atoms with Crippen LogP contribution in [-0.4, -0.2) is 23.3 Å². The van der Waals surface area contributed by atoms with Crippen molar-refractivity contribution in [1.29, 1.82) is 0 Å². The molecule has 144 valence electrons. The molecule has 0 saturated heterocycles. The van der Waals surface area contributed by atoms with Gasteiger partial charge in [-0.1, -0.05) is 90.9 Å². The van der Waals surface area contributed by atoms with Crippen LogP contribution in [0.2, 0.25) is 0 Å². The second-order valence-corrected chi connectivity index (χ2v) is 7.58. The summed E-state index contributed by atoms with van der Waals surface area (Å²) in [5, 5.41) is 0. The van der Waals surface area contributed by atoms with Crippen molar-refractivity contribution in [2.45, 2.75) is 104 Å². The molecule has 25 heavy (non-hydrogen) atoms. The van der Waals surface area contributed by atoms with Crippen molar-refractivity contribution < 1.29 is 9.59 Å². The molecule has 0 aromatic carbocycles. The molecule has 0 aliphatic carbocycles. The third-order valence-electron chi connectivity index (χ3n) is 5.33. The molecule has 0 fully saturated rings. The van der Waals surface area contributed by atoms with E-state index in [1.165, 1.54) is 94.1 Å². The number of carbonyl (C=O) groups is 2. The molecule has 1 rings (SSSR count). The minimum absolute atomic E-state index is 0.139. The molecule has 1 atom stereocenters. The Kier molecular flexibility index (Phi) is 12.4. The van der Waals surface area contributed by atoms with E-state index in [0.717, 1.165) is 18.8 Å². The lowest BCUT2D eigenvalue weighted by molar-refractivity contribution is -0.136. The van der Waals surface area contributed by atoms with Gasteiger partial charge in [0.05, 0.1) is 0 Å². The molecule has 0 aromatic heterocycles. The van der Waals surface area contributed by atoms with Crippen molar-refractivity contribution in [3.05, 3.63) is 12.2 Å². The van der Waals surface area contributed by atoms with Gasteiger partial charge in [0.2, 0.25) is 0 Å². The van der Waals surface area contributed by atoms with Crippen LogP contribution in [0.3, 0.4) is 0 Å². The summed E-state index contributed by atoms with van der Waals surface area (Å²) in [4.78, 5) is 24.6. The van der Waals surface area contributed by atoms with Crippen LogP contribution < -0.4 is 0 Å². The molecule has 0 saturated carbocycles. The van der Waals surface area contributed by atoms with Crippen LogP contribution in [0, 0.1) is 5.92 Å². The third-order valence-corrected chi connectivity index (χ3v) is 5.33. The first-order valence-corrected chi connectivity index (χ1v) is 10.7. The second kappa shape index (κ2) is 14.1. The molecule has 0 bridgehead atoms.